The Morgan fingerprint density at radius 3 is 2.83 bits per heavy atom. The molecule has 0 aromatic carbocycles. The van der Waals surface area contributed by atoms with Gasteiger partial charge in [-0.2, -0.15) is 0 Å². The molecule has 66 valence electrons. The van der Waals surface area contributed by atoms with Crippen LogP contribution in [0.25, 0.3) is 0 Å². The summed E-state index contributed by atoms with van der Waals surface area (Å²) in [5.74, 6) is 0. The fourth-order valence-corrected chi connectivity index (χ4v) is 2.55. The Labute approximate surface area is 83.9 Å². The first kappa shape index (κ1) is 8.47. The quantitative estimate of drug-likeness (QED) is 0.812. The summed E-state index contributed by atoms with van der Waals surface area (Å²) in [7, 11) is 0. The third kappa shape index (κ3) is 1.78. The lowest BCUT2D eigenvalue weighted by Gasteiger charge is -2.26. The molecule has 0 atom stereocenters. The van der Waals surface area contributed by atoms with Gasteiger partial charge in [-0.1, -0.05) is 0 Å². The number of piperazine rings is 1. The topological polar surface area (TPSA) is 28.2 Å². The molecule has 0 bridgehead atoms. The maximum absolute atomic E-state index is 4.37. The van der Waals surface area contributed by atoms with Crippen molar-refractivity contribution in [1.82, 2.24) is 10.3 Å². The standard InChI is InChI=1S/C7H10BrN3S/c8-6-5-12-7(10-6)11-3-1-9-2-4-11/h5,9H,1-4H2. The molecule has 0 unspecified atom stereocenters. The van der Waals surface area contributed by atoms with Gasteiger partial charge in [0.15, 0.2) is 5.13 Å². The van der Waals surface area contributed by atoms with Crippen LogP contribution in [0.4, 0.5) is 5.13 Å². The predicted octanol–water partition coefficient (Wildman–Crippen LogP) is 1.32. The summed E-state index contributed by atoms with van der Waals surface area (Å²) < 4.78 is 0.945. The maximum Gasteiger partial charge on any atom is 0.186 e. The van der Waals surface area contributed by atoms with Crippen molar-refractivity contribution in [3.63, 3.8) is 0 Å². The number of nitrogens with zero attached hydrogens (tertiary/aromatic N) is 2. The molecule has 0 spiro atoms. The monoisotopic (exact) mass is 247 g/mol. The third-order valence-electron chi connectivity index (χ3n) is 1.85. The van der Waals surface area contributed by atoms with Crippen molar-refractivity contribution in [3.8, 4) is 0 Å². The van der Waals surface area contributed by atoms with E-state index < -0.39 is 0 Å². The molecular formula is C7H10BrN3S. The zero-order valence-corrected chi connectivity index (χ0v) is 8.99. The van der Waals surface area contributed by atoms with Crippen molar-refractivity contribution in [1.29, 1.82) is 0 Å². The Morgan fingerprint density at radius 2 is 2.25 bits per heavy atom. The minimum atomic E-state index is 0.945. The van der Waals surface area contributed by atoms with Crippen LogP contribution in [0.3, 0.4) is 0 Å². The smallest absolute Gasteiger partial charge is 0.186 e. The van der Waals surface area contributed by atoms with Gasteiger partial charge in [0.1, 0.15) is 4.60 Å². The normalized spacial score (nSPS) is 18.2. The average Bonchev–Trinajstić information content (AvgIpc) is 2.54. The van der Waals surface area contributed by atoms with Gasteiger partial charge in [0.2, 0.25) is 0 Å². The summed E-state index contributed by atoms with van der Waals surface area (Å²) in [6, 6.07) is 0. The third-order valence-corrected chi connectivity index (χ3v) is 3.46. The molecule has 12 heavy (non-hydrogen) atoms. The molecule has 3 nitrogen and oxygen atoms in total. The number of anilines is 1. The zero-order valence-electron chi connectivity index (χ0n) is 6.59. The molecule has 0 amide bonds. The first-order chi connectivity index (χ1) is 5.86. The molecule has 5 heteroatoms. The van der Waals surface area contributed by atoms with Crippen molar-refractivity contribution >= 4 is 32.4 Å². The van der Waals surface area contributed by atoms with Crippen molar-refractivity contribution in [3.05, 3.63) is 9.98 Å². The molecule has 0 radical (unpaired) electrons. The van der Waals surface area contributed by atoms with Crippen LogP contribution in [0.1, 0.15) is 0 Å². The van der Waals surface area contributed by atoms with E-state index in [1.54, 1.807) is 11.3 Å². The van der Waals surface area contributed by atoms with Crippen LogP contribution in [0, 0.1) is 0 Å². The van der Waals surface area contributed by atoms with Crippen molar-refractivity contribution < 1.29 is 0 Å². The molecule has 2 rings (SSSR count). The number of aromatic nitrogens is 1. The van der Waals surface area contributed by atoms with E-state index in [2.05, 4.69) is 31.1 Å². The van der Waals surface area contributed by atoms with E-state index in [1.807, 2.05) is 5.38 Å². The Hall–Kier alpha value is -0.130. The molecule has 1 saturated heterocycles. The minimum absolute atomic E-state index is 0.945. The zero-order chi connectivity index (χ0) is 8.39. The highest BCUT2D eigenvalue weighted by molar-refractivity contribution is 9.10. The highest BCUT2D eigenvalue weighted by atomic mass is 79.9. The summed E-state index contributed by atoms with van der Waals surface area (Å²) in [5.41, 5.74) is 0. The Morgan fingerprint density at radius 1 is 1.50 bits per heavy atom. The lowest BCUT2D eigenvalue weighted by Crippen LogP contribution is -2.43. The fourth-order valence-electron chi connectivity index (χ4n) is 1.25. The largest absolute Gasteiger partial charge is 0.346 e. The second kappa shape index (κ2) is 3.72. The Kier molecular flexibility index (Phi) is 2.63. The maximum atomic E-state index is 4.37. The lowest BCUT2D eigenvalue weighted by molar-refractivity contribution is 0.588. The molecule has 1 N–H and O–H groups in total. The van der Waals surface area contributed by atoms with Crippen molar-refractivity contribution in [2.24, 2.45) is 0 Å². The molecule has 1 aliphatic heterocycles. The van der Waals surface area contributed by atoms with Crippen LogP contribution < -0.4 is 10.2 Å². The summed E-state index contributed by atoms with van der Waals surface area (Å²) in [6.45, 7) is 4.27. The molecular weight excluding hydrogens is 238 g/mol. The second-order valence-electron chi connectivity index (χ2n) is 2.69. The first-order valence-corrected chi connectivity index (χ1v) is 5.60. The number of hydrogen-bond acceptors (Lipinski definition) is 4. The summed E-state index contributed by atoms with van der Waals surface area (Å²) in [5, 5.41) is 6.47. The molecule has 1 aromatic heterocycles. The number of nitrogens with one attached hydrogen (secondary N) is 1. The van der Waals surface area contributed by atoms with Gasteiger partial charge >= 0.3 is 0 Å². The van der Waals surface area contributed by atoms with Crippen LogP contribution in [0.15, 0.2) is 9.98 Å². The van der Waals surface area contributed by atoms with Gasteiger partial charge in [-0.25, -0.2) is 4.98 Å². The van der Waals surface area contributed by atoms with Crippen LogP contribution in [0.5, 0.6) is 0 Å². The second-order valence-corrected chi connectivity index (χ2v) is 4.34. The molecule has 1 fully saturated rings. The number of thiazole rings is 1. The molecule has 0 saturated carbocycles. The number of rotatable bonds is 1. The SMILES string of the molecule is Brc1csc(N2CCNCC2)n1. The van der Waals surface area contributed by atoms with Crippen LogP contribution in [0.2, 0.25) is 0 Å². The predicted molar refractivity (Wildman–Crippen MR) is 54.9 cm³/mol. The van der Waals surface area contributed by atoms with E-state index in [4.69, 9.17) is 0 Å². The first-order valence-electron chi connectivity index (χ1n) is 3.93. The summed E-state index contributed by atoms with van der Waals surface area (Å²) in [4.78, 5) is 6.68. The van der Waals surface area contributed by atoms with Crippen LogP contribution in [-0.2, 0) is 0 Å². The van der Waals surface area contributed by atoms with Crippen LogP contribution >= 0.6 is 27.3 Å². The molecule has 1 aromatic rings. The van der Waals surface area contributed by atoms with E-state index in [1.165, 1.54) is 0 Å². The number of halogens is 1. The van der Waals surface area contributed by atoms with Crippen molar-refractivity contribution in [2.75, 3.05) is 31.1 Å². The van der Waals surface area contributed by atoms with E-state index in [0.717, 1.165) is 35.9 Å². The van der Waals surface area contributed by atoms with Gasteiger partial charge in [-0.05, 0) is 15.9 Å². The summed E-state index contributed by atoms with van der Waals surface area (Å²) >= 11 is 5.05. The molecule has 1 aliphatic rings. The van der Waals surface area contributed by atoms with Gasteiger partial charge in [-0.15, -0.1) is 11.3 Å². The Balaban J connectivity index is 2.08. The van der Waals surface area contributed by atoms with Gasteiger partial charge in [-0.3, -0.25) is 0 Å². The van der Waals surface area contributed by atoms with E-state index in [0.29, 0.717) is 0 Å². The Bertz CT molecular complexity index is 257. The van der Waals surface area contributed by atoms with Crippen LogP contribution in [-0.4, -0.2) is 31.2 Å². The number of hydrogen-bond donors (Lipinski definition) is 1. The molecule has 0 aliphatic carbocycles. The van der Waals surface area contributed by atoms with Gasteiger partial charge in [0, 0.05) is 31.6 Å². The van der Waals surface area contributed by atoms with E-state index >= 15 is 0 Å². The van der Waals surface area contributed by atoms with E-state index in [9.17, 15) is 0 Å². The molecule has 2 heterocycles. The summed E-state index contributed by atoms with van der Waals surface area (Å²) in [6.07, 6.45) is 0. The average molecular weight is 248 g/mol. The van der Waals surface area contributed by atoms with Crippen molar-refractivity contribution in [2.45, 2.75) is 0 Å². The van der Waals surface area contributed by atoms with Gasteiger partial charge in [0.05, 0.1) is 0 Å². The van der Waals surface area contributed by atoms with Gasteiger partial charge < -0.3 is 10.2 Å². The highest BCUT2D eigenvalue weighted by Gasteiger charge is 2.12. The fraction of sp³-hybridized carbons (Fsp3) is 0.571. The minimum Gasteiger partial charge on any atom is -0.346 e. The van der Waals surface area contributed by atoms with E-state index in [-0.39, 0.29) is 0 Å². The highest BCUT2D eigenvalue weighted by Crippen LogP contribution is 2.23. The van der Waals surface area contributed by atoms with Gasteiger partial charge in [0.25, 0.3) is 0 Å². The lowest BCUT2D eigenvalue weighted by atomic mass is 10.4.